The van der Waals surface area contributed by atoms with Crippen molar-refractivity contribution in [3.05, 3.63) is 24.3 Å². The molecular weight excluding hydrogens is 324 g/mol. The zero-order chi connectivity index (χ0) is 17.6. The van der Waals surface area contributed by atoms with Crippen LogP contribution >= 0.6 is 0 Å². The Labute approximate surface area is 143 Å². The maximum absolute atomic E-state index is 12.6. The molecule has 0 spiro atoms. The van der Waals surface area contributed by atoms with Crippen molar-refractivity contribution in [3.63, 3.8) is 0 Å². The van der Waals surface area contributed by atoms with Crippen LogP contribution in [0.2, 0.25) is 0 Å². The van der Waals surface area contributed by atoms with E-state index in [1.54, 1.807) is 16.8 Å². The van der Waals surface area contributed by atoms with Crippen LogP contribution in [-0.2, 0) is 20.9 Å². The molecule has 0 radical (unpaired) electrons. The van der Waals surface area contributed by atoms with Crippen LogP contribution in [0.4, 0.5) is 0 Å². The molecule has 4 rings (SSSR count). The van der Waals surface area contributed by atoms with E-state index in [2.05, 4.69) is 10.2 Å². The van der Waals surface area contributed by atoms with Crippen molar-refractivity contribution >= 4 is 28.8 Å². The maximum Gasteiger partial charge on any atom is 0.247 e. The molecule has 2 aromatic rings. The first-order valence-corrected chi connectivity index (χ1v) is 8.15. The second-order valence-electron chi connectivity index (χ2n) is 6.36. The number of amides is 3. The van der Waals surface area contributed by atoms with Gasteiger partial charge in [-0.2, -0.15) is 15.0 Å². The Morgan fingerprint density at radius 2 is 1.84 bits per heavy atom. The zero-order valence-corrected chi connectivity index (χ0v) is 13.8. The molecule has 2 aliphatic rings. The fourth-order valence-corrected chi connectivity index (χ4v) is 3.34. The summed E-state index contributed by atoms with van der Waals surface area (Å²) in [7, 11) is 1.61. The van der Waals surface area contributed by atoms with E-state index >= 15 is 0 Å². The average Bonchev–Trinajstić information content (AvgIpc) is 3.01. The molecule has 130 valence electrons. The second kappa shape index (κ2) is 5.83. The third-order valence-electron chi connectivity index (χ3n) is 4.69. The number of aromatic nitrogens is 3. The second-order valence-corrected chi connectivity index (χ2v) is 6.36. The Morgan fingerprint density at radius 1 is 1.16 bits per heavy atom. The number of piperazine rings is 2. The molecular formula is C16H18N6O3. The lowest BCUT2D eigenvalue weighted by Crippen LogP contribution is -2.66. The van der Waals surface area contributed by atoms with Gasteiger partial charge < -0.3 is 14.7 Å². The van der Waals surface area contributed by atoms with Crippen LogP contribution in [0.25, 0.3) is 11.0 Å². The molecule has 9 heteroatoms. The van der Waals surface area contributed by atoms with Crippen molar-refractivity contribution in [2.24, 2.45) is 0 Å². The van der Waals surface area contributed by atoms with Crippen LogP contribution < -0.4 is 0 Å². The predicted octanol–water partition coefficient (Wildman–Crippen LogP) is -1.06. The quantitative estimate of drug-likeness (QED) is 0.694. The first-order chi connectivity index (χ1) is 12.0. The van der Waals surface area contributed by atoms with Gasteiger partial charge in [-0.25, -0.2) is 0 Å². The minimum absolute atomic E-state index is 0.0133. The molecule has 2 saturated heterocycles. The Balaban J connectivity index is 1.47. The summed E-state index contributed by atoms with van der Waals surface area (Å²) in [5.74, 6) is -0.354. The molecule has 25 heavy (non-hydrogen) atoms. The molecule has 2 aliphatic heterocycles. The molecule has 1 aromatic carbocycles. The minimum atomic E-state index is -0.589. The van der Waals surface area contributed by atoms with Gasteiger partial charge in [-0.1, -0.05) is 12.1 Å². The van der Waals surface area contributed by atoms with Gasteiger partial charge >= 0.3 is 0 Å². The number of fused-ring (bicyclic) bond motifs is 2. The number of carbonyl (C=O) groups excluding carboxylic acids is 3. The Hall–Kier alpha value is -2.97. The van der Waals surface area contributed by atoms with E-state index in [0.717, 1.165) is 11.0 Å². The van der Waals surface area contributed by atoms with Crippen molar-refractivity contribution in [1.29, 1.82) is 0 Å². The van der Waals surface area contributed by atoms with Gasteiger partial charge in [0.05, 0.1) is 13.1 Å². The van der Waals surface area contributed by atoms with Crippen molar-refractivity contribution in [1.82, 2.24) is 29.7 Å². The lowest BCUT2D eigenvalue weighted by Gasteiger charge is -2.45. The number of hydrogen-bond donors (Lipinski definition) is 0. The summed E-state index contributed by atoms with van der Waals surface area (Å²) < 4.78 is 0. The fourth-order valence-electron chi connectivity index (χ4n) is 3.34. The number of carbonyl (C=O) groups is 3. The molecule has 0 bridgehead atoms. The van der Waals surface area contributed by atoms with Gasteiger partial charge in [-0.15, -0.1) is 0 Å². The average molecular weight is 342 g/mol. The summed E-state index contributed by atoms with van der Waals surface area (Å²) in [6.07, 6.45) is 0. The van der Waals surface area contributed by atoms with Gasteiger partial charge in [0.15, 0.2) is 0 Å². The van der Waals surface area contributed by atoms with Crippen molar-refractivity contribution in [2.75, 3.05) is 33.2 Å². The molecule has 1 aromatic heterocycles. The Bertz CT molecular complexity index is 829. The largest absolute Gasteiger partial charge is 0.337 e. The van der Waals surface area contributed by atoms with Gasteiger partial charge in [-0.3, -0.25) is 14.4 Å². The lowest BCUT2D eigenvalue weighted by atomic mass is 10.1. The fraction of sp³-hybridized carbons (Fsp3) is 0.438. The van der Waals surface area contributed by atoms with E-state index in [0.29, 0.717) is 13.1 Å². The molecule has 0 saturated carbocycles. The van der Waals surface area contributed by atoms with Crippen LogP contribution in [-0.4, -0.2) is 86.7 Å². The molecule has 2 fully saturated rings. The van der Waals surface area contributed by atoms with E-state index in [1.165, 1.54) is 9.70 Å². The van der Waals surface area contributed by atoms with E-state index in [4.69, 9.17) is 0 Å². The standard InChI is InChI=1S/C16H18N6O3/c1-19-9-15(24)21-7-6-20(8-13(21)16(19)25)14(23)10-22-17-11-4-2-3-5-12(11)18-22/h2-5,13H,6-10H2,1H3/t13-/m0/s1. The predicted molar refractivity (Wildman–Crippen MR) is 87.2 cm³/mol. The highest BCUT2D eigenvalue weighted by Gasteiger charge is 2.42. The lowest BCUT2D eigenvalue weighted by molar-refractivity contribution is -0.160. The van der Waals surface area contributed by atoms with Crippen LogP contribution in [0.1, 0.15) is 0 Å². The number of hydrogen-bond acceptors (Lipinski definition) is 5. The summed E-state index contributed by atoms with van der Waals surface area (Å²) in [4.78, 5) is 42.9. The third kappa shape index (κ3) is 2.71. The van der Waals surface area contributed by atoms with Crippen molar-refractivity contribution in [2.45, 2.75) is 12.6 Å². The highest BCUT2D eigenvalue weighted by Crippen LogP contribution is 2.17. The SMILES string of the molecule is CN1CC(=O)N2CCN(C(=O)Cn3nc4ccccc4n3)C[C@H]2C1=O. The van der Waals surface area contributed by atoms with Crippen LogP contribution in [0.5, 0.6) is 0 Å². The number of nitrogens with zero attached hydrogens (tertiary/aromatic N) is 6. The Morgan fingerprint density at radius 3 is 2.52 bits per heavy atom. The van der Waals surface area contributed by atoms with Crippen LogP contribution in [0.3, 0.4) is 0 Å². The van der Waals surface area contributed by atoms with Crippen LogP contribution in [0.15, 0.2) is 24.3 Å². The molecule has 1 atom stereocenters. The van der Waals surface area contributed by atoms with Gasteiger partial charge in [0, 0.05) is 20.1 Å². The van der Waals surface area contributed by atoms with E-state index in [1.807, 2.05) is 24.3 Å². The minimum Gasteiger partial charge on any atom is -0.337 e. The maximum atomic E-state index is 12.6. The summed E-state index contributed by atoms with van der Waals surface area (Å²) in [5, 5.41) is 8.57. The summed E-state index contributed by atoms with van der Waals surface area (Å²) >= 11 is 0. The Kier molecular flexibility index (Phi) is 3.63. The van der Waals surface area contributed by atoms with Gasteiger partial charge in [-0.05, 0) is 12.1 Å². The normalized spacial score (nSPS) is 21.0. The number of likely N-dealkylation sites (N-methyl/N-ethyl adjacent to an activating group) is 1. The van der Waals surface area contributed by atoms with E-state index in [-0.39, 0.29) is 37.4 Å². The molecule has 0 unspecified atom stereocenters. The van der Waals surface area contributed by atoms with Crippen molar-refractivity contribution in [3.8, 4) is 0 Å². The number of benzene rings is 1. The third-order valence-corrected chi connectivity index (χ3v) is 4.69. The summed E-state index contributed by atoms with van der Waals surface area (Å²) in [6.45, 7) is 1.13. The zero-order valence-electron chi connectivity index (χ0n) is 13.8. The molecule has 0 aliphatic carbocycles. The molecule has 3 amide bonds. The van der Waals surface area contributed by atoms with Gasteiger partial charge in [0.2, 0.25) is 17.7 Å². The first-order valence-electron chi connectivity index (χ1n) is 8.15. The summed E-state index contributed by atoms with van der Waals surface area (Å²) in [5.41, 5.74) is 1.46. The number of rotatable bonds is 2. The highest BCUT2D eigenvalue weighted by atomic mass is 16.2. The van der Waals surface area contributed by atoms with Gasteiger partial charge in [0.25, 0.3) is 0 Å². The van der Waals surface area contributed by atoms with Gasteiger partial charge in [0.1, 0.15) is 23.6 Å². The monoisotopic (exact) mass is 342 g/mol. The highest BCUT2D eigenvalue weighted by molar-refractivity contribution is 5.95. The molecule has 3 heterocycles. The van der Waals surface area contributed by atoms with Crippen molar-refractivity contribution < 1.29 is 14.4 Å². The molecule has 9 nitrogen and oxygen atoms in total. The van der Waals surface area contributed by atoms with Crippen LogP contribution in [0, 0.1) is 0 Å². The summed E-state index contributed by atoms with van der Waals surface area (Å²) in [6, 6.07) is 6.82. The topological polar surface area (TPSA) is 91.6 Å². The van der Waals surface area contributed by atoms with E-state index in [9.17, 15) is 14.4 Å². The van der Waals surface area contributed by atoms with E-state index < -0.39 is 6.04 Å². The smallest absolute Gasteiger partial charge is 0.247 e. The molecule has 0 N–H and O–H groups in total. The first kappa shape index (κ1) is 15.6.